The monoisotopic (exact) mass is 374 g/mol. The molecular weight excluding hydrogens is 356 g/mol. The number of esters is 1. The van der Waals surface area contributed by atoms with Gasteiger partial charge in [-0.05, 0) is 45.0 Å². The van der Waals surface area contributed by atoms with E-state index >= 15 is 0 Å². The lowest BCUT2D eigenvalue weighted by molar-refractivity contribution is -0.143. The second-order valence-electron chi connectivity index (χ2n) is 5.75. The Balaban J connectivity index is 2.48. The van der Waals surface area contributed by atoms with Crippen LogP contribution in [0.5, 0.6) is 5.75 Å². The van der Waals surface area contributed by atoms with Gasteiger partial charge in [-0.3, -0.25) is 9.59 Å². The zero-order chi connectivity index (χ0) is 18.8. The smallest absolute Gasteiger partial charge is 0.326 e. The summed E-state index contributed by atoms with van der Waals surface area (Å²) in [6.07, 6.45) is 0. The molecule has 6 nitrogen and oxygen atoms in total. The minimum Gasteiger partial charge on any atom is -0.490 e. The fourth-order valence-electron chi connectivity index (χ4n) is 2.95. The molecular formula is C19H19ClN2O4. The molecule has 2 aromatic heterocycles. The molecule has 0 N–H and O–H groups in total. The number of hydrogen-bond donors (Lipinski definition) is 0. The van der Waals surface area contributed by atoms with Crippen molar-refractivity contribution in [1.29, 1.82) is 0 Å². The number of halogens is 1. The van der Waals surface area contributed by atoms with Crippen LogP contribution in [0.2, 0.25) is 5.02 Å². The minimum absolute atomic E-state index is 0.0992. The molecule has 26 heavy (non-hydrogen) atoms. The Bertz CT molecular complexity index is 1060. The summed E-state index contributed by atoms with van der Waals surface area (Å²) in [5.41, 5.74) is 1.40. The van der Waals surface area contributed by atoms with E-state index < -0.39 is 5.97 Å². The largest absolute Gasteiger partial charge is 0.490 e. The topological polar surface area (TPSA) is 70.4 Å². The van der Waals surface area contributed by atoms with Gasteiger partial charge in [-0.25, -0.2) is 4.98 Å². The van der Waals surface area contributed by atoms with Crippen LogP contribution in [0.4, 0.5) is 0 Å². The molecule has 0 fully saturated rings. The molecule has 0 radical (unpaired) electrons. The quantitative estimate of drug-likeness (QED) is 0.505. The fourth-order valence-corrected chi connectivity index (χ4v) is 3.15. The molecule has 1 aromatic carbocycles. The second kappa shape index (κ2) is 7.33. The first-order valence-corrected chi connectivity index (χ1v) is 8.76. The van der Waals surface area contributed by atoms with Gasteiger partial charge in [0.2, 0.25) is 0 Å². The highest BCUT2D eigenvalue weighted by Crippen LogP contribution is 2.34. The fraction of sp³-hybridized carbons (Fsp3) is 0.316. The molecule has 0 aliphatic rings. The van der Waals surface area contributed by atoms with Crippen molar-refractivity contribution in [3.05, 3.63) is 45.2 Å². The van der Waals surface area contributed by atoms with E-state index in [1.54, 1.807) is 35.8 Å². The zero-order valence-corrected chi connectivity index (χ0v) is 15.6. The number of nitrogens with zero attached hydrogens (tertiary/aromatic N) is 2. The first-order valence-electron chi connectivity index (χ1n) is 8.38. The molecule has 0 unspecified atom stereocenters. The third-order valence-corrected chi connectivity index (χ3v) is 4.29. The Hall–Kier alpha value is -2.60. The van der Waals surface area contributed by atoms with Crippen molar-refractivity contribution < 1.29 is 14.3 Å². The van der Waals surface area contributed by atoms with Gasteiger partial charge in [-0.2, -0.15) is 0 Å². The van der Waals surface area contributed by atoms with Crippen molar-refractivity contribution in [2.75, 3.05) is 13.2 Å². The summed E-state index contributed by atoms with van der Waals surface area (Å²) < 4.78 is 12.4. The SMILES string of the molecule is CCOC(=O)Cn1c2nc(C)ccc2c(=O)c2ccc(Cl)c(OCC)c21. The first kappa shape index (κ1) is 18.2. The van der Waals surface area contributed by atoms with Crippen LogP contribution in [0.3, 0.4) is 0 Å². The number of carbonyl (C=O) groups excluding carboxylic acids is 1. The minimum atomic E-state index is -0.426. The lowest BCUT2D eigenvalue weighted by atomic mass is 10.1. The Morgan fingerprint density at radius 2 is 1.88 bits per heavy atom. The van der Waals surface area contributed by atoms with Crippen molar-refractivity contribution in [2.45, 2.75) is 27.3 Å². The molecule has 0 atom stereocenters. The second-order valence-corrected chi connectivity index (χ2v) is 6.16. The number of aromatic nitrogens is 2. The number of ether oxygens (including phenoxy) is 2. The normalized spacial score (nSPS) is 11.1. The van der Waals surface area contributed by atoms with Gasteiger partial charge in [-0.15, -0.1) is 0 Å². The Kier molecular flexibility index (Phi) is 5.13. The van der Waals surface area contributed by atoms with Gasteiger partial charge < -0.3 is 14.0 Å². The Morgan fingerprint density at radius 1 is 1.15 bits per heavy atom. The van der Waals surface area contributed by atoms with Crippen LogP contribution in [0.15, 0.2) is 29.1 Å². The summed E-state index contributed by atoms with van der Waals surface area (Å²) in [7, 11) is 0. The summed E-state index contributed by atoms with van der Waals surface area (Å²) >= 11 is 6.31. The molecule has 7 heteroatoms. The molecule has 0 aliphatic carbocycles. The van der Waals surface area contributed by atoms with E-state index in [0.717, 1.165) is 5.69 Å². The van der Waals surface area contributed by atoms with Crippen LogP contribution in [0.25, 0.3) is 21.9 Å². The van der Waals surface area contributed by atoms with Crippen LogP contribution < -0.4 is 10.2 Å². The standard InChI is InChI=1S/C19H19ClN2O4/c1-4-25-15(23)10-22-16-12(8-9-14(20)18(16)26-5-2)17(24)13-7-6-11(3)21-19(13)22/h6-9H,4-5,10H2,1-3H3. The van der Waals surface area contributed by atoms with E-state index in [9.17, 15) is 9.59 Å². The maximum Gasteiger partial charge on any atom is 0.326 e. The van der Waals surface area contributed by atoms with Gasteiger partial charge in [0, 0.05) is 5.69 Å². The van der Waals surface area contributed by atoms with Gasteiger partial charge >= 0.3 is 5.97 Å². The number of benzene rings is 1. The predicted molar refractivity (Wildman–Crippen MR) is 101 cm³/mol. The van der Waals surface area contributed by atoms with Crippen molar-refractivity contribution in [3.8, 4) is 5.75 Å². The number of fused-ring (bicyclic) bond motifs is 2. The van der Waals surface area contributed by atoms with Crippen molar-refractivity contribution >= 4 is 39.5 Å². The molecule has 0 aliphatic heterocycles. The number of aryl methyl sites for hydroxylation is 1. The van der Waals surface area contributed by atoms with Crippen molar-refractivity contribution in [3.63, 3.8) is 0 Å². The maximum absolute atomic E-state index is 13.0. The molecule has 0 bridgehead atoms. The van der Waals surface area contributed by atoms with E-state index in [1.165, 1.54) is 0 Å². The van der Waals surface area contributed by atoms with E-state index in [-0.39, 0.29) is 18.6 Å². The Labute approximate surface area is 155 Å². The molecule has 0 spiro atoms. The Morgan fingerprint density at radius 3 is 2.58 bits per heavy atom. The summed E-state index contributed by atoms with van der Waals surface area (Å²) in [5.74, 6) is -0.0669. The summed E-state index contributed by atoms with van der Waals surface area (Å²) in [4.78, 5) is 29.7. The molecule has 3 aromatic rings. The average Bonchev–Trinajstić information content (AvgIpc) is 2.60. The third kappa shape index (κ3) is 3.12. The maximum atomic E-state index is 13.0. The van der Waals surface area contributed by atoms with Gasteiger partial charge in [-0.1, -0.05) is 11.6 Å². The van der Waals surface area contributed by atoms with E-state index in [1.807, 2.05) is 13.8 Å². The lowest BCUT2D eigenvalue weighted by Gasteiger charge is -2.17. The lowest BCUT2D eigenvalue weighted by Crippen LogP contribution is -2.20. The molecule has 0 saturated heterocycles. The highest BCUT2D eigenvalue weighted by Gasteiger charge is 2.20. The molecule has 0 saturated carbocycles. The number of carbonyl (C=O) groups is 1. The molecule has 3 rings (SSSR count). The van der Waals surface area contributed by atoms with E-state index in [0.29, 0.717) is 39.3 Å². The summed E-state index contributed by atoms with van der Waals surface area (Å²) in [6, 6.07) is 6.75. The molecule has 136 valence electrons. The van der Waals surface area contributed by atoms with E-state index in [2.05, 4.69) is 4.98 Å². The third-order valence-electron chi connectivity index (χ3n) is 3.99. The zero-order valence-electron chi connectivity index (χ0n) is 14.8. The van der Waals surface area contributed by atoms with Gasteiger partial charge in [0.1, 0.15) is 12.2 Å². The van der Waals surface area contributed by atoms with Gasteiger partial charge in [0.15, 0.2) is 11.2 Å². The number of pyridine rings is 2. The molecule has 0 amide bonds. The number of hydrogen-bond acceptors (Lipinski definition) is 5. The highest BCUT2D eigenvalue weighted by molar-refractivity contribution is 6.33. The molecule has 2 heterocycles. The highest BCUT2D eigenvalue weighted by atomic mass is 35.5. The van der Waals surface area contributed by atoms with Crippen LogP contribution in [0.1, 0.15) is 19.5 Å². The first-order chi connectivity index (χ1) is 12.5. The van der Waals surface area contributed by atoms with Crippen molar-refractivity contribution in [1.82, 2.24) is 9.55 Å². The summed E-state index contributed by atoms with van der Waals surface area (Å²) in [5, 5.41) is 1.21. The van der Waals surface area contributed by atoms with Gasteiger partial charge in [0.05, 0.1) is 34.5 Å². The average molecular weight is 375 g/mol. The van der Waals surface area contributed by atoms with Crippen LogP contribution in [-0.2, 0) is 16.1 Å². The number of rotatable bonds is 5. The van der Waals surface area contributed by atoms with Crippen LogP contribution in [0, 0.1) is 6.92 Å². The summed E-state index contributed by atoms with van der Waals surface area (Å²) in [6.45, 7) is 5.92. The van der Waals surface area contributed by atoms with Crippen molar-refractivity contribution in [2.24, 2.45) is 0 Å². The predicted octanol–water partition coefficient (Wildman–Crippen LogP) is 3.47. The van der Waals surface area contributed by atoms with Crippen LogP contribution in [-0.4, -0.2) is 28.7 Å². The van der Waals surface area contributed by atoms with Crippen LogP contribution >= 0.6 is 11.6 Å². The van der Waals surface area contributed by atoms with Gasteiger partial charge in [0.25, 0.3) is 0 Å². The van der Waals surface area contributed by atoms with E-state index in [4.69, 9.17) is 21.1 Å².